The van der Waals surface area contributed by atoms with E-state index >= 15 is 0 Å². The maximum atomic E-state index is 5.63. The number of aliphatic imine (C=N–C) groups is 1. The predicted molar refractivity (Wildman–Crippen MR) is 106 cm³/mol. The Morgan fingerprint density at radius 2 is 1.87 bits per heavy atom. The van der Waals surface area contributed by atoms with Crippen LogP contribution in [-0.2, 0) is 6.42 Å². The highest BCUT2D eigenvalue weighted by molar-refractivity contribution is 14.0. The highest BCUT2D eigenvalue weighted by Gasteiger charge is 2.06. The number of terminal acetylenes is 1. The first-order valence-corrected chi connectivity index (χ1v) is 7.51. The molecule has 0 radical (unpaired) electrons. The van der Waals surface area contributed by atoms with Gasteiger partial charge < -0.3 is 20.1 Å². The average Bonchev–Trinajstić information content (AvgIpc) is 2.53. The van der Waals surface area contributed by atoms with Crippen LogP contribution < -0.4 is 20.1 Å². The standard InChI is InChI=1S/C17H25N3O2.HI/c1-5-11-19-17(18-4)20-12-10-14-8-9-15(21-6-2)16(13-14)22-7-3;/h1,8-9,13H,6-7,10-12H2,2-4H3,(H2,18,19,20);1H. The molecule has 0 amide bonds. The molecule has 0 aliphatic carbocycles. The second-order valence-electron chi connectivity index (χ2n) is 4.45. The monoisotopic (exact) mass is 431 g/mol. The number of guanidine groups is 1. The molecule has 23 heavy (non-hydrogen) atoms. The first-order valence-electron chi connectivity index (χ1n) is 7.51. The highest BCUT2D eigenvalue weighted by Crippen LogP contribution is 2.28. The molecule has 0 aliphatic heterocycles. The van der Waals surface area contributed by atoms with Crippen molar-refractivity contribution in [3.05, 3.63) is 23.8 Å². The molecule has 5 nitrogen and oxygen atoms in total. The van der Waals surface area contributed by atoms with Crippen molar-refractivity contribution < 1.29 is 9.47 Å². The molecular weight excluding hydrogens is 405 g/mol. The maximum absolute atomic E-state index is 5.63. The zero-order valence-electron chi connectivity index (χ0n) is 14.0. The fourth-order valence-electron chi connectivity index (χ4n) is 1.93. The average molecular weight is 431 g/mol. The molecule has 0 atom stereocenters. The van der Waals surface area contributed by atoms with E-state index in [1.807, 2.05) is 32.0 Å². The lowest BCUT2D eigenvalue weighted by Crippen LogP contribution is -2.38. The van der Waals surface area contributed by atoms with E-state index < -0.39 is 0 Å². The SMILES string of the molecule is C#CCNC(=NC)NCCc1ccc(OCC)c(OCC)c1.I. The lowest BCUT2D eigenvalue weighted by atomic mass is 10.1. The summed E-state index contributed by atoms with van der Waals surface area (Å²) in [5, 5.41) is 6.24. The van der Waals surface area contributed by atoms with Crippen LogP contribution in [0.25, 0.3) is 0 Å². The number of rotatable bonds is 8. The van der Waals surface area contributed by atoms with Crippen molar-refractivity contribution in [2.75, 3.05) is 33.4 Å². The van der Waals surface area contributed by atoms with Gasteiger partial charge in [0, 0.05) is 13.6 Å². The van der Waals surface area contributed by atoms with Crippen LogP contribution in [-0.4, -0.2) is 39.3 Å². The Morgan fingerprint density at radius 1 is 1.17 bits per heavy atom. The van der Waals surface area contributed by atoms with E-state index in [1.54, 1.807) is 7.05 Å². The fourth-order valence-corrected chi connectivity index (χ4v) is 1.93. The molecule has 0 aliphatic rings. The number of hydrogen-bond donors (Lipinski definition) is 2. The summed E-state index contributed by atoms with van der Waals surface area (Å²) >= 11 is 0. The van der Waals surface area contributed by atoms with Crippen LogP contribution in [0.2, 0.25) is 0 Å². The molecule has 6 heteroatoms. The number of hydrogen-bond acceptors (Lipinski definition) is 3. The van der Waals surface area contributed by atoms with Crippen LogP contribution in [0.15, 0.2) is 23.2 Å². The quantitative estimate of drug-likeness (QED) is 0.288. The van der Waals surface area contributed by atoms with Crippen molar-refractivity contribution in [2.24, 2.45) is 4.99 Å². The third-order valence-electron chi connectivity index (χ3n) is 2.90. The summed E-state index contributed by atoms with van der Waals surface area (Å²) in [6, 6.07) is 6.02. The van der Waals surface area contributed by atoms with Gasteiger partial charge in [-0.05, 0) is 38.0 Å². The lowest BCUT2D eigenvalue weighted by Gasteiger charge is -2.13. The topological polar surface area (TPSA) is 54.9 Å². The van der Waals surface area contributed by atoms with Crippen LogP contribution in [0.3, 0.4) is 0 Å². The molecule has 0 aromatic heterocycles. The van der Waals surface area contributed by atoms with Crippen molar-refractivity contribution in [3.8, 4) is 23.8 Å². The Labute approximate surface area is 156 Å². The number of nitrogens with zero attached hydrogens (tertiary/aromatic N) is 1. The fraction of sp³-hybridized carbons (Fsp3) is 0.471. The van der Waals surface area contributed by atoms with Gasteiger partial charge in [-0.1, -0.05) is 12.0 Å². The number of halogens is 1. The second kappa shape index (κ2) is 12.9. The van der Waals surface area contributed by atoms with Gasteiger partial charge in [0.1, 0.15) is 0 Å². The van der Waals surface area contributed by atoms with Gasteiger partial charge in [0.25, 0.3) is 0 Å². The van der Waals surface area contributed by atoms with E-state index in [0.717, 1.165) is 24.5 Å². The minimum atomic E-state index is 0. The third kappa shape index (κ3) is 7.98. The zero-order valence-corrected chi connectivity index (χ0v) is 16.3. The first kappa shape index (κ1) is 21.4. The Balaban J connectivity index is 0.00000484. The third-order valence-corrected chi connectivity index (χ3v) is 2.90. The molecule has 0 bridgehead atoms. The lowest BCUT2D eigenvalue weighted by molar-refractivity contribution is 0.287. The summed E-state index contributed by atoms with van der Waals surface area (Å²) < 4.78 is 11.2. The van der Waals surface area contributed by atoms with Crippen molar-refractivity contribution in [3.63, 3.8) is 0 Å². The zero-order chi connectivity index (χ0) is 16.2. The van der Waals surface area contributed by atoms with Gasteiger partial charge in [0.05, 0.1) is 19.8 Å². The summed E-state index contributed by atoms with van der Waals surface area (Å²) in [6.45, 7) is 6.37. The Hall–Kier alpha value is -1.62. The molecule has 0 saturated carbocycles. The molecule has 128 valence electrons. The minimum absolute atomic E-state index is 0. The van der Waals surface area contributed by atoms with E-state index in [1.165, 1.54) is 5.56 Å². The summed E-state index contributed by atoms with van der Waals surface area (Å²) in [4.78, 5) is 4.10. The summed E-state index contributed by atoms with van der Waals surface area (Å²) in [5.41, 5.74) is 1.17. The summed E-state index contributed by atoms with van der Waals surface area (Å²) in [6.07, 6.45) is 6.06. The van der Waals surface area contributed by atoms with Crippen molar-refractivity contribution in [2.45, 2.75) is 20.3 Å². The highest BCUT2D eigenvalue weighted by atomic mass is 127. The number of benzene rings is 1. The van der Waals surface area contributed by atoms with Crippen molar-refractivity contribution >= 4 is 29.9 Å². The van der Waals surface area contributed by atoms with Crippen LogP contribution in [0.4, 0.5) is 0 Å². The largest absolute Gasteiger partial charge is 0.490 e. The van der Waals surface area contributed by atoms with Crippen LogP contribution in [0.1, 0.15) is 19.4 Å². The molecule has 0 unspecified atom stereocenters. The van der Waals surface area contributed by atoms with Gasteiger partial charge in [-0.15, -0.1) is 30.4 Å². The van der Waals surface area contributed by atoms with E-state index in [-0.39, 0.29) is 24.0 Å². The van der Waals surface area contributed by atoms with Gasteiger partial charge in [0.2, 0.25) is 0 Å². The molecule has 0 spiro atoms. The molecule has 2 N–H and O–H groups in total. The maximum Gasteiger partial charge on any atom is 0.191 e. The molecule has 0 saturated heterocycles. The van der Waals surface area contributed by atoms with Gasteiger partial charge in [-0.2, -0.15) is 0 Å². The molecule has 1 aromatic carbocycles. The smallest absolute Gasteiger partial charge is 0.191 e. The minimum Gasteiger partial charge on any atom is -0.490 e. The Kier molecular flexibility index (Phi) is 12.0. The van der Waals surface area contributed by atoms with E-state index in [4.69, 9.17) is 15.9 Å². The molecule has 1 rings (SSSR count). The van der Waals surface area contributed by atoms with E-state index in [9.17, 15) is 0 Å². The molecular formula is C17H26IN3O2. The van der Waals surface area contributed by atoms with Gasteiger partial charge in [-0.25, -0.2) is 0 Å². The second-order valence-corrected chi connectivity index (χ2v) is 4.45. The molecule has 1 aromatic rings. The van der Waals surface area contributed by atoms with Crippen molar-refractivity contribution in [1.29, 1.82) is 0 Å². The van der Waals surface area contributed by atoms with Crippen LogP contribution in [0, 0.1) is 12.3 Å². The normalized spacial score (nSPS) is 10.3. The van der Waals surface area contributed by atoms with Gasteiger partial charge >= 0.3 is 0 Å². The summed E-state index contributed by atoms with van der Waals surface area (Å²) in [7, 11) is 1.72. The number of nitrogens with one attached hydrogen (secondary N) is 2. The Bertz CT molecular complexity index is 527. The van der Waals surface area contributed by atoms with Gasteiger partial charge in [-0.3, -0.25) is 4.99 Å². The first-order chi connectivity index (χ1) is 10.7. The van der Waals surface area contributed by atoms with E-state index in [2.05, 4.69) is 21.5 Å². The molecule has 0 fully saturated rings. The van der Waals surface area contributed by atoms with Gasteiger partial charge in [0.15, 0.2) is 17.5 Å². The van der Waals surface area contributed by atoms with Crippen LogP contribution in [0.5, 0.6) is 11.5 Å². The Morgan fingerprint density at radius 3 is 2.48 bits per heavy atom. The number of ether oxygens (including phenoxy) is 2. The van der Waals surface area contributed by atoms with Crippen molar-refractivity contribution in [1.82, 2.24) is 10.6 Å². The predicted octanol–water partition coefficient (Wildman–Crippen LogP) is 2.44. The van der Waals surface area contributed by atoms with Crippen LogP contribution >= 0.6 is 24.0 Å². The summed E-state index contributed by atoms with van der Waals surface area (Å²) in [5.74, 6) is 4.79. The molecule has 0 heterocycles. The van der Waals surface area contributed by atoms with E-state index in [0.29, 0.717) is 25.7 Å².